The van der Waals surface area contributed by atoms with Crippen molar-refractivity contribution in [1.82, 2.24) is 4.31 Å². The quantitative estimate of drug-likeness (QED) is 0.369. The highest BCUT2D eigenvalue weighted by Crippen LogP contribution is 2.36. The summed E-state index contributed by atoms with van der Waals surface area (Å²) in [6.45, 7) is 4.66. The first-order valence-corrected chi connectivity index (χ1v) is 13.1. The molecule has 11 heteroatoms. The Hall–Kier alpha value is -3.47. The van der Waals surface area contributed by atoms with Crippen LogP contribution < -0.4 is 10.2 Å². The van der Waals surface area contributed by atoms with Gasteiger partial charge in [0, 0.05) is 43.4 Å². The number of hydrogen-bond donors (Lipinski definition) is 1. The molecule has 0 saturated carbocycles. The minimum absolute atomic E-state index is 0.139. The second-order valence-electron chi connectivity index (χ2n) is 8.50. The number of nitrogens with zero attached hydrogens (tertiary/aromatic N) is 3. The molecule has 4 rings (SSSR count). The molecule has 1 fully saturated rings. The fraction of sp³-hybridized carbons (Fsp3) is 0.240. The standard InChI is InChI=1S/C25H25ClN4O5S/c1-17-9-11-19(12-10-17)36(34,35)29-15-13-28(14-16-29)24-21(26)6-4-7-22(24)27-25(31)20-5-3-8-23(18(20)2)30(32)33/h3-12H,13-16H2,1-2H3,(H,27,31). The van der Waals surface area contributed by atoms with Crippen LogP contribution in [0.2, 0.25) is 5.02 Å². The molecular formula is C25H25ClN4O5S. The zero-order valence-electron chi connectivity index (χ0n) is 19.8. The second kappa shape index (κ2) is 10.3. The van der Waals surface area contributed by atoms with Gasteiger partial charge in [-0.25, -0.2) is 8.42 Å². The Morgan fingerprint density at radius 2 is 1.61 bits per heavy atom. The van der Waals surface area contributed by atoms with Crippen LogP contribution in [-0.4, -0.2) is 49.7 Å². The molecule has 1 amide bonds. The minimum Gasteiger partial charge on any atom is -0.366 e. The van der Waals surface area contributed by atoms with Crippen molar-refractivity contribution >= 4 is 44.6 Å². The Balaban J connectivity index is 1.54. The van der Waals surface area contributed by atoms with E-state index < -0.39 is 20.9 Å². The predicted molar refractivity (Wildman–Crippen MR) is 139 cm³/mol. The van der Waals surface area contributed by atoms with Crippen LogP contribution in [-0.2, 0) is 10.0 Å². The summed E-state index contributed by atoms with van der Waals surface area (Å²) in [5.41, 5.74) is 2.30. The summed E-state index contributed by atoms with van der Waals surface area (Å²) in [4.78, 5) is 26.0. The lowest BCUT2D eigenvalue weighted by molar-refractivity contribution is -0.385. The molecule has 3 aromatic carbocycles. The number of sulfonamides is 1. The fourth-order valence-corrected chi connectivity index (χ4v) is 5.92. The number of nitrogens with one attached hydrogen (secondary N) is 1. The molecule has 36 heavy (non-hydrogen) atoms. The molecule has 1 aliphatic rings. The molecule has 0 bridgehead atoms. The summed E-state index contributed by atoms with van der Waals surface area (Å²) in [5.74, 6) is -0.500. The molecule has 0 aliphatic carbocycles. The summed E-state index contributed by atoms with van der Waals surface area (Å²) in [5, 5.41) is 14.5. The summed E-state index contributed by atoms with van der Waals surface area (Å²) in [6, 6.07) is 16.2. The molecule has 1 N–H and O–H groups in total. The van der Waals surface area contributed by atoms with Gasteiger partial charge in [0.25, 0.3) is 11.6 Å². The molecule has 1 heterocycles. The molecular weight excluding hydrogens is 504 g/mol. The minimum atomic E-state index is -3.63. The van der Waals surface area contributed by atoms with E-state index >= 15 is 0 Å². The zero-order chi connectivity index (χ0) is 26.0. The summed E-state index contributed by atoms with van der Waals surface area (Å²) >= 11 is 6.51. The number of piperazine rings is 1. The smallest absolute Gasteiger partial charge is 0.273 e. The predicted octanol–water partition coefficient (Wildman–Crippen LogP) is 4.63. The van der Waals surface area contributed by atoms with E-state index in [1.807, 2.05) is 11.8 Å². The van der Waals surface area contributed by atoms with E-state index in [9.17, 15) is 23.3 Å². The number of rotatable bonds is 6. The highest BCUT2D eigenvalue weighted by atomic mass is 35.5. The van der Waals surface area contributed by atoms with Crippen LogP contribution in [0.15, 0.2) is 65.6 Å². The topological polar surface area (TPSA) is 113 Å². The summed E-state index contributed by atoms with van der Waals surface area (Å²) in [6.07, 6.45) is 0. The maximum absolute atomic E-state index is 13.1. The molecule has 0 radical (unpaired) electrons. The molecule has 0 spiro atoms. The molecule has 0 unspecified atom stereocenters. The van der Waals surface area contributed by atoms with Gasteiger partial charge in [0.15, 0.2) is 0 Å². The second-order valence-corrected chi connectivity index (χ2v) is 10.8. The largest absolute Gasteiger partial charge is 0.366 e. The molecule has 0 aromatic heterocycles. The maximum Gasteiger partial charge on any atom is 0.273 e. The van der Waals surface area contributed by atoms with E-state index in [4.69, 9.17) is 11.6 Å². The Morgan fingerprint density at radius 1 is 0.972 bits per heavy atom. The van der Waals surface area contributed by atoms with Crippen LogP contribution in [0.4, 0.5) is 17.1 Å². The van der Waals surface area contributed by atoms with Crippen molar-refractivity contribution in [1.29, 1.82) is 0 Å². The van der Waals surface area contributed by atoms with Gasteiger partial charge in [0.1, 0.15) is 0 Å². The van der Waals surface area contributed by atoms with Gasteiger partial charge in [0.05, 0.1) is 26.2 Å². The average molecular weight is 529 g/mol. The van der Waals surface area contributed by atoms with Crippen LogP contribution in [0.5, 0.6) is 0 Å². The number of para-hydroxylation sites is 1. The lowest BCUT2D eigenvalue weighted by Crippen LogP contribution is -2.49. The highest BCUT2D eigenvalue weighted by Gasteiger charge is 2.30. The van der Waals surface area contributed by atoms with Gasteiger partial charge in [0.2, 0.25) is 10.0 Å². The molecule has 188 valence electrons. The van der Waals surface area contributed by atoms with Crippen LogP contribution in [0.1, 0.15) is 21.5 Å². The van der Waals surface area contributed by atoms with Gasteiger partial charge in [-0.05, 0) is 44.2 Å². The average Bonchev–Trinajstić information content (AvgIpc) is 2.84. The molecule has 0 atom stereocenters. The normalized spacial score (nSPS) is 14.5. The first-order valence-electron chi connectivity index (χ1n) is 11.2. The SMILES string of the molecule is Cc1ccc(S(=O)(=O)N2CCN(c3c(Cl)cccc3NC(=O)c3cccc([N+](=O)[O-])c3C)CC2)cc1. The van der Waals surface area contributed by atoms with Crippen molar-refractivity contribution in [2.45, 2.75) is 18.7 Å². The zero-order valence-corrected chi connectivity index (χ0v) is 21.3. The van der Waals surface area contributed by atoms with Gasteiger partial charge < -0.3 is 10.2 Å². The number of halogens is 1. The molecule has 1 aliphatic heterocycles. The third kappa shape index (κ3) is 5.06. The fourth-order valence-electron chi connectivity index (χ4n) is 4.21. The number of carbonyl (C=O) groups is 1. The van der Waals surface area contributed by atoms with E-state index in [1.54, 1.807) is 42.5 Å². The van der Waals surface area contributed by atoms with E-state index in [2.05, 4.69) is 5.32 Å². The van der Waals surface area contributed by atoms with Crippen molar-refractivity contribution in [2.24, 2.45) is 0 Å². The Kier molecular flexibility index (Phi) is 7.30. The van der Waals surface area contributed by atoms with Crippen LogP contribution in [0, 0.1) is 24.0 Å². The summed E-state index contributed by atoms with van der Waals surface area (Å²) in [7, 11) is -3.63. The lowest BCUT2D eigenvalue weighted by Gasteiger charge is -2.36. The molecule has 9 nitrogen and oxygen atoms in total. The van der Waals surface area contributed by atoms with Crippen molar-refractivity contribution in [3.05, 3.63) is 92.5 Å². The number of benzene rings is 3. The van der Waals surface area contributed by atoms with Gasteiger partial charge in [-0.1, -0.05) is 41.4 Å². The number of amides is 1. The monoisotopic (exact) mass is 528 g/mol. The third-order valence-corrected chi connectivity index (χ3v) is 8.41. The van der Waals surface area contributed by atoms with Crippen molar-refractivity contribution in [3.63, 3.8) is 0 Å². The number of anilines is 2. The molecule has 1 saturated heterocycles. The van der Waals surface area contributed by atoms with Crippen LogP contribution in [0.3, 0.4) is 0 Å². The highest BCUT2D eigenvalue weighted by molar-refractivity contribution is 7.89. The Bertz CT molecular complexity index is 1420. The number of nitro benzene ring substituents is 1. The Labute approximate surface area is 214 Å². The van der Waals surface area contributed by atoms with Crippen molar-refractivity contribution in [3.8, 4) is 0 Å². The number of carbonyl (C=O) groups excluding carboxylic acids is 1. The van der Waals surface area contributed by atoms with Gasteiger partial charge >= 0.3 is 0 Å². The Morgan fingerprint density at radius 3 is 2.25 bits per heavy atom. The lowest BCUT2D eigenvalue weighted by atomic mass is 10.1. The van der Waals surface area contributed by atoms with Crippen LogP contribution in [0.25, 0.3) is 0 Å². The van der Waals surface area contributed by atoms with E-state index in [1.165, 1.54) is 29.4 Å². The summed E-state index contributed by atoms with van der Waals surface area (Å²) < 4.78 is 27.6. The number of hydrogen-bond acceptors (Lipinski definition) is 6. The molecule has 3 aromatic rings. The van der Waals surface area contributed by atoms with Crippen LogP contribution >= 0.6 is 11.6 Å². The van der Waals surface area contributed by atoms with Crippen molar-refractivity contribution in [2.75, 3.05) is 36.4 Å². The van der Waals surface area contributed by atoms with Crippen molar-refractivity contribution < 1.29 is 18.1 Å². The number of aryl methyl sites for hydroxylation is 1. The number of nitro groups is 1. The third-order valence-electron chi connectivity index (χ3n) is 6.20. The van der Waals surface area contributed by atoms with E-state index in [0.717, 1.165) is 5.56 Å². The first kappa shape index (κ1) is 25.6. The van der Waals surface area contributed by atoms with Gasteiger partial charge in [-0.15, -0.1) is 0 Å². The van der Waals surface area contributed by atoms with Gasteiger partial charge in [-0.2, -0.15) is 4.31 Å². The van der Waals surface area contributed by atoms with E-state index in [0.29, 0.717) is 29.5 Å². The van der Waals surface area contributed by atoms with E-state index in [-0.39, 0.29) is 34.8 Å². The van der Waals surface area contributed by atoms with Gasteiger partial charge in [-0.3, -0.25) is 14.9 Å². The maximum atomic E-state index is 13.1. The first-order chi connectivity index (χ1) is 17.1.